The molecular weight excluding hydrogens is 203 g/mol. The number of halogens is 1. The predicted octanol–water partition coefficient (Wildman–Crippen LogP) is 2.22. The molecule has 0 saturated heterocycles. The van der Waals surface area contributed by atoms with Crippen molar-refractivity contribution in [3.63, 3.8) is 0 Å². The Morgan fingerprint density at radius 1 is 1.12 bits per heavy atom. The molecule has 0 aliphatic heterocycles. The minimum atomic E-state index is -0.131. The van der Waals surface area contributed by atoms with Crippen molar-refractivity contribution in [2.75, 3.05) is 19.6 Å². The second-order valence-electron chi connectivity index (χ2n) is 4.01. The van der Waals surface area contributed by atoms with Crippen LogP contribution in [-0.4, -0.2) is 19.6 Å². The SMILES string of the molecule is CCCNCCNCc1ccc(F)c(C)c1. The third kappa shape index (κ3) is 4.73. The van der Waals surface area contributed by atoms with Gasteiger partial charge in [-0.05, 0) is 37.1 Å². The van der Waals surface area contributed by atoms with Crippen molar-refractivity contribution in [1.29, 1.82) is 0 Å². The zero-order valence-electron chi connectivity index (χ0n) is 10.1. The standard InChI is InChI=1S/C13H21FN2/c1-3-6-15-7-8-16-10-12-4-5-13(14)11(2)9-12/h4-5,9,15-16H,3,6-8,10H2,1-2H3. The summed E-state index contributed by atoms with van der Waals surface area (Å²) in [5.74, 6) is -0.131. The summed E-state index contributed by atoms with van der Waals surface area (Å²) < 4.78 is 13.0. The van der Waals surface area contributed by atoms with Crippen LogP contribution in [0.2, 0.25) is 0 Å². The molecule has 1 aromatic carbocycles. The number of nitrogens with one attached hydrogen (secondary N) is 2. The van der Waals surface area contributed by atoms with Crippen LogP contribution in [0.4, 0.5) is 4.39 Å². The number of benzene rings is 1. The molecule has 1 aromatic rings. The summed E-state index contributed by atoms with van der Waals surface area (Å²) >= 11 is 0. The van der Waals surface area contributed by atoms with Crippen molar-refractivity contribution in [1.82, 2.24) is 10.6 Å². The Balaban J connectivity index is 2.19. The van der Waals surface area contributed by atoms with Gasteiger partial charge in [0, 0.05) is 19.6 Å². The molecule has 0 unspecified atom stereocenters. The molecule has 0 aliphatic rings. The Hall–Kier alpha value is -0.930. The van der Waals surface area contributed by atoms with E-state index < -0.39 is 0 Å². The molecule has 0 fully saturated rings. The first kappa shape index (κ1) is 13.1. The topological polar surface area (TPSA) is 24.1 Å². The molecule has 0 saturated carbocycles. The summed E-state index contributed by atoms with van der Waals surface area (Å²) in [6, 6.07) is 5.25. The molecule has 3 heteroatoms. The third-order valence-electron chi connectivity index (χ3n) is 2.46. The van der Waals surface area contributed by atoms with Crippen LogP contribution in [-0.2, 0) is 6.54 Å². The van der Waals surface area contributed by atoms with Crippen molar-refractivity contribution in [2.24, 2.45) is 0 Å². The molecular formula is C13H21FN2. The summed E-state index contributed by atoms with van der Waals surface area (Å²) in [6.07, 6.45) is 1.16. The molecule has 16 heavy (non-hydrogen) atoms. The highest BCUT2D eigenvalue weighted by Gasteiger charge is 1.98. The first-order valence-corrected chi connectivity index (χ1v) is 5.90. The first-order chi connectivity index (χ1) is 7.74. The van der Waals surface area contributed by atoms with Gasteiger partial charge in [-0.25, -0.2) is 4.39 Å². The van der Waals surface area contributed by atoms with Crippen LogP contribution < -0.4 is 10.6 Å². The van der Waals surface area contributed by atoms with E-state index in [9.17, 15) is 4.39 Å². The molecule has 2 nitrogen and oxygen atoms in total. The van der Waals surface area contributed by atoms with E-state index in [0.717, 1.165) is 38.2 Å². The Bertz CT molecular complexity index is 313. The van der Waals surface area contributed by atoms with Crippen molar-refractivity contribution in [3.05, 3.63) is 35.1 Å². The maximum absolute atomic E-state index is 13.0. The third-order valence-corrected chi connectivity index (χ3v) is 2.46. The quantitative estimate of drug-likeness (QED) is 0.694. The lowest BCUT2D eigenvalue weighted by molar-refractivity contribution is 0.601. The van der Waals surface area contributed by atoms with Crippen LogP contribution in [0.15, 0.2) is 18.2 Å². The molecule has 0 aliphatic carbocycles. The zero-order chi connectivity index (χ0) is 11.8. The van der Waals surface area contributed by atoms with Gasteiger partial charge in [-0.15, -0.1) is 0 Å². The Morgan fingerprint density at radius 2 is 1.88 bits per heavy atom. The van der Waals surface area contributed by atoms with Gasteiger partial charge < -0.3 is 10.6 Å². The highest BCUT2D eigenvalue weighted by Crippen LogP contribution is 2.08. The van der Waals surface area contributed by atoms with Crippen molar-refractivity contribution < 1.29 is 4.39 Å². The maximum atomic E-state index is 13.0. The van der Waals surface area contributed by atoms with E-state index in [1.165, 1.54) is 6.07 Å². The molecule has 0 spiro atoms. The van der Waals surface area contributed by atoms with E-state index in [2.05, 4.69) is 17.6 Å². The summed E-state index contributed by atoms with van der Waals surface area (Å²) in [5, 5.41) is 6.64. The Labute approximate surface area is 97.3 Å². The van der Waals surface area contributed by atoms with E-state index in [1.54, 1.807) is 6.92 Å². The smallest absolute Gasteiger partial charge is 0.126 e. The summed E-state index contributed by atoms with van der Waals surface area (Å²) in [7, 11) is 0. The van der Waals surface area contributed by atoms with E-state index in [4.69, 9.17) is 0 Å². The lowest BCUT2D eigenvalue weighted by Crippen LogP contribution is -2.27. The van der Waals surface area contributed by atoms with Crippen molar-refractivity contribution in [2.45, 2.75) is 26.8 Å². The van der Waals surface area contributed by atoms with Gasteiger partial charge >= 0.3 is 0 Å². The van der Waals surface area contributed by atoms with Crippen molar-refractivity contribution in [3.8, 4) is 0 Å². The van der Waals surface area contributed by atoms with Crippen LogP contribution in [0.25, 0.3) is 0 Å². The highest BCUT2D eigenvalue weighted by molar-refractivity contribution is 5.23. The molecule has 0 radical (unpaired) electrons. The second kappa shape index (κ2) is 7.36. The monoisotopic (exact) mass is 224 g/mol. The van der Waals surface area contributed by atoms with Crippen LogP contribution in [0, 0.1) is 12.7 Å². The molecule has 0 heterocycles. The zero-order valence-corrected chi connectivity index (χ0v) is 10.1. The number of hydrogen-bond donors (Lipinski definition) is 2. The highest BCUT2D eigenvalue weighted by atomic mass is 19.1. The minimum absolute atomic E-state index is 0.131. The number of aryl methyl sites for hydroxylation is 1. The maximum Gasteiger partial charge on any atom is 0.126 e. The van der Waals surface area contributed by atoms with Gasteiger partial charge in [0.15, 0.2) is 0 Å². The summed E-state index contributed by atoms with van der Waals surface area (Å²) in [4.78, 5) is 0. The van der Waals surface area contributed by atoms with E-state index in [0.29, 0.717) is 5.56 Å². The lowest BCUT2D eigenvalue weighted by Gasteiger charge is -2.07. The Morgan fingerprint density at radius 3 is 2.56 bits per heavy atom. The number of rotatable bonds is 7. The normalized spacial score (nSPS) is 10.7. The van der Waals surface area contributed by atoms with E-state index in [1.807, 2.05) is 12.1 Å². The van der Waals surface area contributed by atoms with Crippen LogP contribution in [0.3, 0.4) is 0 Å². The van der Waals surface area contributed by atoms with Crippen LogP contribution in [0.5, 0.6) is 0 Å². The summed E-state index contributed by atoms with van der Waals surface area (Å²) in [6.45, 7) is 7.74. The van der Waals surface area contributed by atoms with Gasteiger partial charge in [0.25, 0.3) is 0 Å². The fraction of sp³-hybridized carbons (Fsp3) is 0.538. The fourth-order valence-corrected chi connectivity index (χ4v) is 1.53. The average molecular weight is 224 g/mol. The largest absolute Gasteiger partial charge is 0.315 e. The van der Waals surface area contributed by atoms with E-state index in [-0.39, 0.29) is 5.82 Å². The molecule has 90 valence electrons. The van der Waals surface area contributed by atoms with Crippen LogP contribution >= 0.6 is 0 Å². The molecule has 2 N–H and O–H groups in total. The molecule has 0 aromatic heterocycles. The van der Waals surface area contributed by atoms with Gasteiger partial charge in [0.2, 0.25) is 0 Å². The van der Waals surface area contributed by atoms with Gasteiger partial charge in [-0.1, -0.05) is 19.1 Å². The van der Waals surface area contributed by atoms with Gasteiger partial charge in [0.05, 0.1) is 0 Å². The van der Waals surface area contributed by atoms with E-state index >= 15 is 0 Å². The molecule has 1 rings (SSSR count). The van der Waals surface area contributed by atoms with Gasteiger partial charge in [-0.2, -0.15) is 0 Å². The molecule has 0 atom stereocenters. The predicted molar refractivity (Wildman–Crippen MR) is 66.0 cm³/mol. The van der Waals surface area contributed by atoms with Gasteiger partial charge in [0.1, 0.15) is 5.82 Å². The lowest BCUT2D eigenvalue weighted by atomic mass is 10.1. The minimum Gasteiger partial charge on any atom is -0.315 e. The first-order valence-electron chi connectivity index (χ1n) is 5.90. The van der Waals surface area contributed by atoms with Crippen LogP contribution in [0.1, 0.15) is 24.5 Å². The second-order valence-corrected chi connectivity index (χ2v) is 4.01. The average Bonchev–Trinajstić information content (AvgIpc) is 2.28. The molecule has 0 bridgehead atoms. The van der Waals surface area contributed by atoms with Gasteiger partial charge in [-0.3, -0.25) is 0 Å². The van der Waals surface area contributed by atoms with Crippen molar-refractivity contribution >= 4 is 0 Å². The molecule has 0 amide bonds. The fourth-order valence-electron chi connectivity index (χ4n) is 1.53. The summed E-state index contributed by atoms with van der Waals surface area (Å²) in [5.41, 5.74) is 1.85. The Kier molecular flexibility index (Phi) is 6.04. The number of hydrogen-bond acceptors (Lipinski definition) is 2.